The molecule has 0 spiro atoms. The van der Waals surface area contributed by atoms with Gasteiger partial charge in [-0.05, 0) is 165 Å². The Bertz CT molecular complexity index is 3020. The van der Waals surface area contributed by atoms with E-state index in [0.29, 0.717) is 11.8 Å². The molecular formula is C62H68BN3S. The highest BCUT2D eigenvalue weighted by Crippen LogP contribution is 2.58. The Morgan fingerprint density at radius 3 is 1.70 bits per heavy atom. The van der Waals surface area contributed by atoms with Crippen molar-refractivity contribution in [1.82, 2.24) is 0 Å². The van der Waals surface area contributed by atoms with E-state index >= 15 is 0 Å². The summed E-state index contributed by atoms with van der Waals surface area (Å²) in [6.07, 6.45) is 4.70. The monoisotopic (exact) mass is 898 g/mol. The fourth-order valence-electron chi connectivity index (χ4n) is 12.2. The molecule has 0 unspecified atom stereocenters. The molecule has 0 atom stereocenters. The van der Waals surface area contributed by atoms with Crippen LogP contribution in [0.25, 0.3) is 0 Å². The van der Waals surface area contributed by atoms with E-state index in [1.54, 1.807) is 10.4 Å². The van der Waals surface area contributed by atoms with Crippen LogP contribution in [0.2, 0.25) is 0 Å². The summed E-state index contributed by atoms with van der Waals surface area (Å²) in [7, 11) is 0. The molecule has 0 fully saturated rings. The maximum Gasteiger partial charge on any atom is 0.264 e. The van der Waals surface area contributed by atoms with Gasteiger partial charge in [0, 0.05) is 49.5 Å². The van der Waals surface area contributed by atoms with Gasteiger partial charge < -0.3 is 14.7 Å². The number of hydrogen-bond donors (Lipinski definition) is 0. The lowest BCUT2D eigenvalue weighted by atomic mass is 9.36. The van der Waals surface area contributed by atoms with Gasteiger partial charge in [0.25, 0.3) is 6.71 Å². The summed E-state index contributed by atoms with van der Waals surface area (Å²) in [5.74, 6) is 0.779. The van der Waals surface area contributed by atoms with Gasteiger partial charge in [-0.1, -0.05) is 150 Å². The zero-order chi connectivity index (χ0) is 46.9. The molecule has 3 heterocycles. The average Bonchev–Trinajstić information content (AvgIpc) is 3.73. The molecule has 0 N–H and O–H groups in total. The SMILES string of the molecule is CC(C)c1cccc(N2c3cc(C(C)C)ccc3B3c4sc5c(c4N(c4ccc6c(c4)C(C)(C)CCC6(C)C)c4cc(N(c6ccccc6)c6ccccc6)cc2c43)C(C)(C)CCC5(C)C)c1. The van der Waals surface area contributed by atoms with Gasteiger partial charge in [0.15, 0.2) is 0 Å². The van der Waals surface area contributed by atoms with Crippen molar-refractivity contribution >= 4 is 84.9 Å². The van der Waals surface area contributed by atoms with E-state index in [4.69, 9.17) is 0 Å². The molecule has 5 heteroatoms. The smallest absolute Gasteiger partial charge is 0.264 e. The number of fused-ring (bicyclic) bond motifs is 7. The fraction of sp³-hybridized carbons (Fsp3) is 0.355. The second-order valence-electron chi connectivity index (χ2n) is 23.5. The van der Waals surface area contributed by atoms with Gasteiger partial charge in [0.1, 0.15) is 0 Å². The van der Waals surface area contributed by atoms with Crippen molar-refractivity contribution in [2.75, 3.05) is 14.7 Å². The number of hydrogen-bond acceptors (Lipinski definition) is 4. The number of para-hydroxylation sites is 2. The van der Waals surface area contributed by atoms with Crippen LogP contribution in [0.1, 0.15) is 153 Å². The quantitative estimate of drug-likeness (QED) is 0.148. The van der Waals surface area contributed by atoms with Gasteiger partial charge in [-0.15, -0.1) is 0 Å². The lowest BCUT2D eigenvalue weighted by Gasteiger charge is -2.47. The second kappa shape index (κ2) is 15.5. The van der Waals surface area contributed by atoms with Gasteiger partial charge in [-0.2, -0.15) is 11.3 Å². The summed E-state index contributed by atoms with van der Waals surface area (Å²) < 4.78 is 1.49. The Hall–Kier alpha value is -5.52. The molecule has 4 aliphatic rings. The molecule has 11 rings (SSSR count). The van der Waals surface area contributed by atoms with E-state index in [0.717, 1.165) is 23.5 Å². The van der Waals surface area contributed by atoms with E-state index in [9.17, 15) is 0 Å². The molecule has 3 nitrogen and oxygen atoms in total. The minimum absolute atomic E-state index is 0.0109. The zero-order valence-electron chi connectivity index (χ0n) is 42.0. The first-order valence-corrected chi connectivity index (χ1v) is 25.9. The molecule has 67 heavy (non-hydrogen) atoms. The van der Waals surface area contributed by atoms with Gasteiger partial charge in [0.05, 0.1) is 11.4 Å². The van der Waals surface area contributed by atoms with Crippen LogP contribution in [-0.4, -0.2) is 6.71 Å². The molecule has 1 aromatic heterocycles. The van der Waals surface area contributed by atoms with E-state index < -0.39 is 0 Å². The lowest BCUT2D eigenvalue weighted by molar-refractivity contribution is 0.332. The van der Waals surface area contributed by atoms with Crippen molar-refractivity contribution in [2.45, 2.75) is 142 Å². The Morgan fingerprint density at radius 1 is 0.493 bits per heavy atom. The van der Waals surface area contributed by atoms with Gasteiger partial charge in [0.2, 0.25) is 0 Å². The summed E-state index contributed by atoms with van der Waals surface area (Å²) in [6, 6.07) is 51.6. The number of nitrogens with zero attached hydrogens (tertiary/aromatic N) is 3. The minimum Gasteiger partial charge on any atom is -0.311 e. The van der Waals surface area contributed by atoms with E-state index in [1.807, 2.05) is 0 Å². The Labute approximate surface area is 406 Å². The predicted molar refractivity (Wildman–Crippen MR) is 292 cm³/mol. The molecule has 0 bridgehead atoms. The molecule has 0 saturated heterocycles. The van der Waals surface area contributed by atoms with E-state index in [2.05, 4.69) is 243 Å². The summed E-state index contributed by atoms with van der Waals surface area (Å²) in [5.41, 5.74) is 21.4. The Kier molecular flexibility index (Phi) is 10.2. The number of rotatable bonds is 7. The minimum atomic E-state index is -0.0109. The van der Waals surface area contributed by atoms with Crippen LogP contribution in [0.3, 0.4) is 0 Å². The lowest BCUT2D eigenvalue weighted by Crippen LogP contribution is -2.60. The first-order valence-electron chi connectivity index (χ1n) is 25.1. The van der Waals surface area contributed by atoms with Crippen LogP contribution in [-0.2, 0) is 21.7 Å². The maximum absolute atomic E-state index is 2.77. The summed E-state index contributed by atoms with van der Waals surface area (Å²) in [4.78, 5) is 9.46. The fourth-order valence-corrected chi connectivity index (χ4v) is 13.9. The summed E-state index contributed by atoms with van der Waals surface area (Å²) >= 11 is 2.12. The van der Waals surface area contributed by atoms with Crippen molar-refractivity contribution < 1.29 is 0 Å². The van der Waals surface area contributed by atoms with Gasteiger partial charge >= 0.3 is 0 Å². The standard InChI is InChI=1S/C62H68BN3S/c1-39(2)41-20-19-25-45(34-41)65-51-35-42(40(3)4)26-29-50(51)63-55-52(65)37-47(64(43-21-15-13-16-22-43)44-23-17-14-18-24-44)38-53(55)66(46-27-28-48-49(36-46)60(7,8)31-30-59(48,5)6)56-54-57(67-58(56)63)62(11,12)33-32-61(54,9)10/h13-29,34-40H,30-33H2,1-12H3. The molecule has 0 radical (unpaired) electrons. The molecule has 2 aliphatic heterocycles. The first kappa shape index (κ1) is 44.0. The Morgan fingerprint density at radius 2 is 1.06 bits per heavy atom. The number of thiophene rings is 1. The van der Waals surface area contributed by atoms with Crippen molar-refractivity contribution in [3.05, 3.63) is 166 Å². The van der Waals surface area contributed by atoms with E-state index in [1.165, 1.54) is 91.3 Å². The molecule has 340 valence electrons. The summed E-state index contributed by atoms with van der Waals surface area (Å²) in [6.45, 7) is 29.3. The van der Waals surface area contributed by atoms with Gasteiger partial charge in [-0.25, -0.2) is 0 Å². The van der Waals surface area contributed by atoms with Crippen molar-refractivity contribution in [2.24, 2.45) is 0 Å². The highest BCUT2D eigenvalue weighted by atomic mass is 32.1. The molecular weight excluding hydrogens is 830 g/mol. The predicted octanol–water partition coefficient (Wildman–Crippen LogP) is 16.2. The van der Waals surface area contributed by atoms with Crippen LogP contribution in [0.15, 0.2) is 133 Å². The van der Waals surface area contributed by atoms with Crippen LogP contribution in [0.4, 0.5) is 51.2 Å². The number of anilines is 9. The van der Waals surface area contributed by atoms with Crippen LogP contribution in [0.5, 0.6) is 0 Å². The first-order chi connectivity index (χ1) is 31.9. The summed E-state index contributed by atoms with van der Waals surface area (Å²) in [5, 5.41) is 0. The van der Waals surface area contributed by atoms with Crippen LogP contribution >= 0.6 is 11.3 Å². The third-order valence-electron chi connectivity index (χ3n) is 16.4. The molecule has 6 aromatic carbocycles. The zero-order valence-corrected chi connectivity index (χ0v) is 42.8. The Balaban J connectivity index is 1.31. The normalized spacial score (nSPS) is 18.0. The van der Waals surface area contributed by atoms with Crippen molar-refractivity contribution in [1.29, 1.82) is 0 Å². The van der Waals surface area contributed by atoms with Crippen LogP contribution in [0, 0.1) is 0 Å². The second-order valence-corrected chi connectivity index (χ2v) is 24.6. The van der Waals surface area contributed by atoms with Crippen molar-refractivity contribution in [3.8, 4) is 0 Å². The largest absolute Gasteiger partial charge is 0.311 e. The van der Waals surface area contributed by atoms with Crippen molar-refractivity contribution in [3.63, 3.8) is 0 Å². The van der Waals surface area contributed by atoms with E-state index in [-0.39, 0.29) is 28.4 Å². The number of benzene rings is 6. The molecule has 0 saturated carbocycles. The molecule has 0 amide bonds. The topological polar surface area (TPSA) is 9.72 Å². The van der Waals surface area contributed by atoms with Gasteiger partial charge in [-0.3, -0.25) is 0 Å². The van der Waals surface area contributed by atoms with Crippen LogP contribution < -0.4 is 30.4 Å². The molecule has 7 aromatic rings. The highest BCUT2D eigenvalue weighted by molar-refractivity contribution is 7.29. The maximum atomic E-state index is 2.77. The third-order valence-corrected chi connectivity index (χ3v) is 18.0. The average molecular weight is 898 g/mol. The molecule has 2 aliphatic carbocycles. The third kappa shape index (κ3) is 6.95. The highest BCUT2D eigenvalue weighted by Gasteiger charge is 2.51.